The molecule has 0 aromatic heterocycles. The van der Waals surface area contributed by atoms with Crippen molar-refractivity contribution in [3.63, 3.8) is 0 Å². The number of likely N-dealkylation sites (N-methyl/N-ethyl adjacent to an activating group) is 1. The molecular formula is C21H23N3O5. The second-order valence-electron chi connectivity index (χ2n) is 7.38. The van der Waals surface area contributed by atoms with E-state index < -0.39 is 35.8 Å². The highest BCUT2D eigenvalue weighted by Crippen LogP contribution is 2.32. The highest BCUT2D eigenvalue weighted by molar-refractivity contribution is 6.21. The van der Waals surface area contributed by atoms with E-state index in [1.165, 1.54) is 4.90 Å². The van der Waals surface area contributed by atoms with E-state index in [1.807, 2.05) is 0 Å². The van der Waals surface area contributed by atoms with Crippen molar-refractivity contribution in [3.05, 3.63) is 35.4 Å². The molecular weight excluding hydrogens is 374 g/mol. The molecule has 152 valence electrons. The predicted octanol–water partition coefficient (Wildman–Crippen LogP) is 1.90. The van der Waals surface area contributed by atoms with E-state index in [0.29, 0.717) is 24.0 Å². The molecule has 1 aromatic rings. The molecule has 3 rings (SSSR count). The Balaban J connectivity index is 1.49. The summed E-state index contributed by atoms with van der Waals surface area (Å²) in [7, 11) is 1.56. The molecule has 1 saturated carbocycles. The van der Waals surface area contributed by atoms with E-state index in [2.05, 4.69) is 6.07 Å². The van der Waals surface area contributed by atoms with Crippen molar-refractivity contribution in [2.75, 3.05) is 20.2 Å². The summed E-state index contributed by atoms with van der Waals surface area (Å²) < 4.78 is 5.02. The van der Waals surface area contributed by atoms with Gasteiger partial charge in [-0.2, -0.15) is 5.26 Å². The van der Waals surface area contributed by atoms with Gasteiger partial charge >= 0.3 is 5.97 Å². The van der Waals surface area contributed by atoms with Crippen LogP contribution in [0.3, 0.4) is 0 Å². The van der Waals surface area contributed by atoms with E-state index in [1.54, 1.807) is 31.3 Å². The first-order valence-electron chi connectivity index (χ1n) is 9.68. The van der Waals surface area contributed by atoms with Gasteiger partial charge in [-0.3, -0.25) is 24.1 Å². The Labute approximate surface area is 169 Å². The summed E-state index contributed by atoms with van der Waals surface area (Å²) >= 11 is 0. The minimum Gasteiger partial charge on any atom is -0.456 e. The maximum atomic E-state index is 12.4. The number of fused-ring (bicyclic) bond motifs is 1. The van der Waals surface area contributed by atoms with Crippen LogP contribution in [0.15, 0.2) is 24.3 Å². The molecule has 0 bridgehead atoms. The zero-order valence-electron chi connectivity index (χ0n) is 16.3. The van der Waals surface area contributed by atoms with Gasteiger partial charge in [-0.25, -0.2) is 0 Å². The number of ether oxygens (including phenoxy) is 1. The molecule has 1 fully saturated rings. The number of nitriles is 1. The van der Waals surface area contributed by atoms with Crippen LogP contribution in [0.5, 0.6) is 0 Å². The standard InChI is InChI=1S/C21H23N3O5/c1-23(21(14-22)10-5-2-6-11-21)17(25)13-29-18(26)9-12-24-19(27)15-7-3-4-8-16(15)20(24)28/h3-4,7-8H,2,5-6,9-13H2,1H3. The number of rotatable bonds is 6. The van der Waals surface area contributed by atoms with Gasteiger partial charge in [0, 0.05) is 13.6 Å². The number of imide groups is 1. The summed E-state index contributed by atoms with van der Waals surface area (Å²) in [4.78, 5) is 51.4. The highest BCUT2D eigenvalue weighted by atomic mass is 16.5. The predicted molar refractivity (Wildman–Crippen MR) is 102 cm³/mol. The Kier molecular flexibility index (Phi) is 5.97. The quantitative estimate of drug-likeness (QED) is 0.536. The smallest absolute Gasteiger partial charge is 0.308 e. The second kappa shape index (κ2) is 8.43. The van der Waals surface area contributed by atoms with Crippen molar-refractivity contribution < 1.29 is 23.9 Å². The van der Waals surface area contributed by atoms with Crippen LogP contribution in [0.25, 0.3) is 0 Å². The Morgan fingerprint density at radius 3 is 2.28 bits per heavy atom. The maximum absolute atomic E-state index is 12.4. The zero-order chi connectivity index (χ0) is 21.0. The van der Waals surface area contributed by atoms with Gasteiger partial charge in [-0.05, 0) is 25.0 Å². The topological polar surface area (TPSA) is 108 Å². The van der Waals surface area contributed by atoms with Gasteiger partial charge in [0.25, 0.3) is 17.7 Å². The number of benzene rings is 1. The largest absolute Gasteiger partial charge is 0.456 e. The Morgan fingerprint density at radius 1 is 1.14 bits per heavy atom. The van der Waals surface area contributed by atoms with Crippen LogP contribution in [-0.4, -0.2) is 59.2 Å². The second-order valence-corrected chi connectivity index (χ2v) is 7.38. The molecule has 3 amide bonds. The molecule has 0 atom stereocenters. The molecule has 1 aromatic carbocycles. The third kappa shape index (κ3) is 3.99. The number of hydrogen-bond acceptors (Lipinski definition) is 6. The van der Waals surface area contributed by atoms with Crippen LogP contribution in [0.4, 0.5) is 0 Å². The first-order chi connectivity index (χ1) is 13.9. The number of hydrogen-bond donors (Lipinski definition) is 0. The first-order valence-corrected chi connectivity index (χ1v) is 9.68. The third-order valence-electron chi connectivity index (χ3n) is 5.68. The fourth-order valence-electron chi connectivity index (χ4n) is 3.85. The molecule has 0 radical (unpaired) electrons. The van der Waals surface area contributed by atoms with E-state index in [0.717, 1.165) is 24.2 Å². The lowest BCUT2D eigenvalue weighted by Crippen LogP contribution is -2.51. The van der Waals surface area contributed by atoms with Crippen molar-refractivity contribution >= 4 is 23.7 Å². The van der Waals surface area contributed by atoms with Gasteiger partial charge < -0.3 is 9.64 Å². The lowest BCUT2D eigenvalue weighted by Gasteiger charge is -2.38. The minimum atomic E-state index is -0.845. The summed E-state index contributed by atoms with van der Waals surface area (Å²) in [5.74, 6) is -2.01. The summed E-state index contributed by atoms with van der Waals surface area (Å²) in [6, 6.07) is 8.73. The lowest BCUT2D eigenvalue weighted by molar-refractivity contribution is -0.153. The first kappa shape index (κ1) is 20.5. The molecule has 8 nitrogen and oxygen atoms in total. The van der Waals surface area contributed by atoms with E-state index in [9.17, 15) is 24.4 Å². The average molecular weight is 397 g/mol. The van der Waals surface area contributed by atoms with Gasteiger partial charge in [0.15, 0.2) is 6.61 Å². The van der Waals surface area contributed by atoms with Crippen LogP contribution in [0, 0.1) is 11.3 Å². The Hall–Kier alpha value is -3.21. The van der Waals surface area contributed by atoms with Gasteiger partial charge in [0.05, 0.1) is 23.6 Å². The molecule has 8 heteroatoms. The zero-order valence-corrected chi connectivity index (χ0v) is 16.3. The Morgan fingerprint density at radius 2 is 1.72 bits per heavy atom. The number of carbonyl (C=O) groups is 4. The number of esters is 1. The van der Waals surface area contributed by atoms with Crippen LogP contribution in [-0.2, 0) is 14.3 Å². The fourth-order valence-corrected chi connectivity index (χ4v) is 3.85. The molecule has 1 aliphatic carbocycles. The summed E-state index contributed by atoms with van der Waals surface area (Å²) in [6.45, 7) is -0.585. The monoisotopic (exact) mass is 397 g/mol. The lowest BCUT2D eigenvalue weighted by atomic mass is 9.81. The van der Waals surface area contributed by atoms with E-state index in [4.69, 9.17) is 4.74 Å². The molecule has 1 aliphatic heterocycles. The number of amides is 3. The third-order valence-corrected chi connectivity index (χ3v) is 5.68. The maximum Gasteiger partial charge on any atom is 0.308 e. The normalized spacial score (nSPS) is 17.4. The molecule has 0 saturated heterocycles. The van der Waals surface area contributed by atoms with Gasteiger partial charge in [0.2, 0.25) is 0 Å². The van der Waals surface area contributed by atoms with E-state index in [-0.39, 0.29) is 13.0 Å². The van der Waals surface area contributed by atoms with Gasteiger partial charge in [0.1, 0.15) is 5.54 Å². The number of carbonyl (C=O) groups excluding carboxylic acids is 4. The highest BCUT2D eigenvalue weighted by Gasteiger charge is 2.39. The van der Waals surface area contributed by atoms with Crippen LogP contribution in [0.2, 0.25) is 0 Å². The SMILES string of the molecule is CN(C(=O)COC(=O)CCN1C(=O)c2ccccc2C1=O)C1(C#N)CCCCC1. The minimum absolute atomic E-state index is 0.114. The van der Waals surface area contributed by atoms with Crippen LogP contribution < -0.4 is 0 Å². The molecule has 2 aliphatic rings. The van der Waals surface area contributed by atoms with Crippen molar-refractivity contribution in [1.82, 2.24) is 9.80 Å². The van der Waals surface area contributed by atoms with Crippen LogP contribution >= 0.6 is 0 Å². The average Bonchev–Trinajstić information content (AvgIpc) is 3.00. The summed E-state index contributed by atoms with van der Waals surface area (Å²) in [5.41, 5.74) is -0.212. The number of nitrogens with zero attached hydrogens (tertiary/aromatic N) is 3. The van der Waals surface area contributed by atoms with Gasteiger partial charge in [-0.1, -0.05) is 31.4 Å². The molecule has 29 heavy (non-hydrogen) atoms. The molecule has 1 heterocycles. The van der Waals surface area contributed by atoms with Gasteiger partial charge in [-0.15, -0.1) is 0 Å². The van der Waals surface area contributed by atoms with Crippen LogP contribution in [0.1, 0.15) is 59.2 Å². The summed E-state index contributed by atoms with van der Waals surface area (Å²) in [5, 5.41) is 9.55. The van der Waals surface area contributed by atoms with E-state index >= 15 is 0 Å². The molecule has 0 N–H and O–H groups in total. The van der Waals surface area contributed by atoms with Crippen molar-refractivity contribution in [2.24, 2.45) is 0 Å². The Bertz CT molecular complexity index is 848. The van der Waals surface area contributed by atoms with Crippen molar-refractivity contribution in [2.45, 2.75) is 44.1 Å². The van der Waals surface area contributed by atoms with Crippen molar-refractivity contribution in [3.8, 4) is 6.07 Å². The van der Waals surface area contributed by atoms with Crippen molar-refractivity contribution in [1.29, 1.82) is 5.26 Å². The summed E-state index contributed by atoms with van der Waals surface area (Å²) in [6.07, 6.45) is 3.82. The molecule has 0 spiro atoms. The fraction of sp³-hybridized carbons (Fsp3) is 0.476. The molecule has 0 unspecified atom stereocenters.